The molecule has 0 aromatic rings. The molecule has 0 aromatic heterocycles. The molecule has 0 aliphatic carbocycles. The van der Waals surface area contributed by atoms with E-state index in [2.05, 4.69) is 15.6 Å². The summed E-state index contributed by atoms with van der Waals surface area (Å²) in [5.74, 6) is -3.06. The van der Waals surface area contributed by atoms with E-state index >= 15 is 0 Å². The van der Waals surface area contributed by atoms with Crippen LogP contribution in [-0.2, 0) is 19.2 Å². The predicted molar refractivity (Wildman–Crippen MR) is 97.1 cm³/mol. The molecule has 0 aliphatic rings. The largest absolute Gasteiger partial charge is 0.480 e. The number of aliphatic carboxylic acids is 1. The molecule has 0 bridgehead atoms. The lowest BCUT2D eigenvalue weighted by Crippen LogP contribution is -2.48. The molecule has 0 spiro atoms. The first-order valence-electron chi connectivity index (χ1n) is 8.23. The number of nitrogens with one attached hydrogen (secondary N) is 2. The fraction of sp³-hybridized carbons (Fsp3) is 0.667. The van der Waals surface area contributed by atoms with Crippen molar-refractivity contribution in [2.75, 3.05) is 13.1 Å². The van der Waals surface area contributed by atoms with Crippen LogP contribution in [0.4, 0.5) is 0 Å². The number of hydrogen-bond donors (Lipinski definition) is 6. The molecule has 11 nitrogen and oxygen atoms in total. The molecule has 2 amide bonds. The Morgan fingerprint density at radius 3 is 2.19 bits per heavy atom. The third-order valence-electron chi connectivity index (χ3n) is 2.85. The second kappa shape index (κ2) is 14.6. The smallest absolute Gasteiger partial charge is 0.326 e. The highest BCUT2D eigenvalue weighted by molar-refractivity contribution is 5.91. The van der Waals surface area contributed by atoms with Gasteiger partial charge in [-0.25, -0.2) is 4.79 Å². The zero-order chi connectivity index (χ0) is 20.7. The van der Waals surface area contributed by atoms with E-state index in [-0.39, 0.29) is 18.2 Å². The van der Waals surface area contributed by atoms with Crippen LogP contribution in [0.25, 0.3) is 0 Å². The van der Waals surface area contributed by atoms with Crippen LogP contribution in [-0.4, -0.2) is 59.8 Å². The molecule has 0 aromatic carbocycles. The van der Waals surface area contributed by atoms with Gasteiger partial charge in [-0.2, -0.15) is 0 Å². The fourth-order valence-corrected chi connectivity index (χ4v) is 1.68. The van der Waals surface area contributed by atoms with Gasteiger partial charge in [-0.05, 0) is 19.8 Å². The first kappa shape index (κ1) is 25.5. The standard InChI is InChI=1S/C13H24N6O5.C2H6/c1-7(20)5-9(12(23)24)19-10(21)6-18-11(22)8(14)3-2-4-17-13(15)16;1-2/h8-9H,2-6,14H2,1H3,(H,18,22)(H,19,21)(H,23,24)(H4,15,16,17);1-2H3. The van der Waals surface area contributed by atoms with E-state index in [1.807, 2.05) is 13.8 Å². The number of nitrogens with two attached hydrogens (primary N) is 3. The minimum absolute atomic E-state index is 0.0526. The van der Waals surface area contributed by atoms with Crippen LogP contribution in [0.2, 0.25) is 0 Å². The molecule has 0 radical (unpaired) electrons. The monoisotopic (exact) mass is 374 g/mol. The summed E-state index contributed by atoms with van der Waals surface area (Å²) < 4.78 is 0. The number of rotatable bonds is 11. The summed E-state index contributed by atoms with van der Waals surface area (Å²) in [6, 6.07) is -2.18. The maximum Gasteiger partial charge on any atom is 0.326 e. The van der Waals surface area contributed by atoms with Gasteiger partial charge < -0.3 is 32.9 Å². The lowest BCUT2D eigenvalue weighted by Gasteiger charge is -2.15. The second-order valence-electron chi connectivity index (χ2n) is 5.14. The molecule has 150 valence electrons. The van der Waals surface area contributed by atoms with Gasteiger partial charge in [-0.3, -0.25) is 19.4 Å². The molecule has 2 atom stereocenters. The topological polar surface area (TPSA) is 203 Å². The number of carbonyl (C=O) groups is 4. The Morgan fingerprint density at radius 2 is 1.73 bits per heavy atom. The van der Waals surface area contributed by atoms with Crippen molar-refractivity contribution in [3.63, 3.8) is 0 Å². The SMILES string of the molecule is CC.CC(=O)CC(NC(=O)CNC(=O)C(N)CCCN=C(N)N)C(=O)O. The van der Waals surface area contributed by atoms with Crippen LogP contribution in [0.1, 0.15) is 40.0 Å². The molecule has 0 heterocycles. The molecular weight excluding hydrogens is 344 g/mol. The number of carboxylic acids is 1. The molecule has 9 N–H and O–H groups in total. The maximum absolute atomic E-state index is 11.7. The second-order valence-corrected chi connectivity index (χ2v) is 5.14. The van der Waals surface area contributed by atoms with Gasteiger partial charge in [0.15, 0.2) is 5.96 Å². The number of ketones is 1. The van der Waals surface area contributed by atoms with E-state index in [4.69, 9.17) is 22.3 Å². The lowest BCUT2D eigenvalue weighted by atomic mass is 10.1. The minimum Gasteiger partial charge on any atom is -0.480 e. The molecule has 26 heavy (non-hydrogen) atoms. The minimum atomic E-state index is -1.33. The Labute approximate surface area is 152 Å². The van der Waals surface area contributed by atoms with Gasteiger partial charge in [-0.1, -0.05) is 13.8 Å². The number of carbonyl (C=O) groups excluding carboxylic acids is 3. The van der Waals surface area contributed by atoms with Crippen molar-refractivity contribution in [2.45, 2.75) is 52.1 Å². The van der Waals surface area contributed by atoms with Crippen molar-refractivity contribution in [3.05, 3.63) is 0 Å². The zero-order valence-electron chi connectivity index (χ0n) is 15.4. The quantitative estimate of drug-likeness (QED) is 0.136. The number of carboxylic acid groups (broad SMARTS) is 1. The summed E-state index contributed by atoms with van der Waals surface area (Å²) in [5.41, 5.74) is 15.9. The first-order chi connectivity index (χ1) is 12.1. The summed E-state index contributed by atoms with van der Waals surface area (Å²) in [5, 5.41) is 13.3. The fourth-order valence-electron chi connectivity index (χ4n) is 1.68. The van der Waals surface area contributed by atoms with Gasteiger partial charge in [-0.15, -0.1) is 0 Å². The van der Waals surface area contributed by atoms with E-state index < -0.39 is 36.4 Å². The number of amides is 2. The van der Waals surface area contributed by atoms with E-state index in [0.717, 1.165) is 0 Å². The van der Waals surface area contributed by atoms with E-state index in [1.54, 1.807) is 0 Å². The Hall–Kier alpha value is -2.69. The first-order valence-corrected chi connectivity index (χ1v) is 8.23. The van der Waals surface area contributed by atoms with E-state index in [9.17, 15) is 19.2 Å². The average Bonchev–Trinajstić information content (AvgIpc) is 2.56. The summed E-state index contributed by atoms with van der Waals surface area (Å²) in [6.45, 7) is 5.10. The molecular formula is C15H30N6O5. The van der Waals surface area contributed by atoms with Crippen LogP contribution in [0.15, 0.2) is 4.99 Å². The number of guanidine groups is 1. The average molecular weight is 374 g/mol. The summed E-state index contributed by atoms with van der Waals surface area (Å²) in [7, 11) is 0. The van der Waals surface area contributed by atoms with Gasteiger partial charge in [0, 0.05) is 13.0 Å². The van der Waals surface area contributed by atoms with Crippen LogP contribution < -0.4 is 27.8 Å². The zero-order valence-corrected chi connectivity index (χ0v) is 15.4. The van der Waals surface area contributed by atoms with E-state index in [1.165, 1.54) is 6.92 Å². The van der Waals surface area contributed by atoms with Crippen LogP contribution >= 0.6 is 0 Å². The highest BCUT2D eigenvalue weighted by Crippen LogP contribution is 1.96. The maximum atomic E-state index is 11.7. The number of aliphatic imine (C=N–C) groups is 1. The van der Waals surface area contributed by atoms with Gasteiger partial charge in [0.2, 0.25) is 11.8 Å². The van der Waals surface area contributed by atoms with Gasteiger partial charge >= 0.3 is 5.97 Å². The van der Waals surface area contributed by atoms with Crippen molar-refractivity contribution in [2.24, 2.45) is 22.2 Å². The van der Waals surface area contributed by atoms with Crippen molar-refractivity contribution in [1.82, 2.24) is 10.6 Å². The summed E-state index contributed by atoms with van der Waals surface area (Å²) >= 11 is 0. The lowest BCUT2D eigenvalue weighted by molar-refractivity contribution is -0.143. The third-order valence-corrected chi connectivity index (χ3v) is 2.85. The van der Waals surface area contributed by atoms with Crippen LogP contribution in [0.3, 0.4) is 0 Å². The Kier molecular flexibility index (Phi) is 14.4. The Bertz CT molecular complexity index is 505. The van der Waals surface area contributed by atoms with Crippen molar-refractivity contribution in [1.29, 1.82) is 0 Å². The third kappa shape index (κ3) is 13.7. The van der Waals surface area contributed by atoms with Crippen molar-refractivity contribution < 1.29 is 24.3 Å². The van der Waals surface area contributed by atoms with Crippen LogP contribution in [0, 0.1) is 0 Å². The number of nitrogens with zero attached hydrogens (tertiary/aromatic N) is 1. The molecule has 0 rings (SSSR count). The van der Waals surface area contributed by atoms with Gasteiger partial charge in [0.1, 0.15) is 11.8 Å². The Morgan fingerprint density at radius 1 is 1.15 bits per heavy atom. The molecule has 0 aliphatic heterocycles. The van der Waals surface area contributed by atoms with Gasteiger partial charge in [0.25, 0.3) is 0 Å². The normalized spacial score (nSPS) is 11.8. The number of hydrogen-bond acceptors (Lipinski definition) is 6. The van der Waals surface area contributed by atoms with E-state index in [0.29, 0.717) is 19.4 Å². The molecule has 0 saturated carbocycles. The molecule has 2 unspecified atom stereocenters. The number of Topliss-reactive ketones (excluding diaryl/α,β-unsaturated/α-hetero) is 1. The Balaban J connectivity index is 0. The van der Waals surface area contributed by atoms with Gasteiger partial charge in [0.05, 0.1) is 12.6 Å². The highest BCUT2D eigenvalue weighted by Gasteiger charge is 2.22. The molecule has 11 heteroatoms. The highest BCUT2D eigenvalue weighted by atomic mass is 16.4. The summed E-state index contributed by atoms with van der Waals surface area (Å²) in [6.07, 6.45) is 0.462. The predicted octanol–water partition coefficient (Wildman–Crippen LogP) is -1.94. The molecule has 0 saturated heterocycles. The van der Waals surface area contributed by atoms with Crippen molar-refractivity contribution in [3.8, 4) is 0 Å². The summed E-state index contributed by atoms with van der Waals surface area (Å²) in [4.78, 5) is 48.9. The van der Waals surface area contributed by atoms with Crippen LogP contribution in [0.5, 0.6) is 0 Å². The molecule has 0 fully saturated rings. The van der Waals surface area contributed by atoms with Crippen molar-refractivity contribution >= 4 is 29.5 Å².